The molecule has 1 unspecified atom stereocenters. The van der Waals surface area contributed by atoms with Crippen molar-refractivity contribution < 1.29 is 28.7 Å². The first-order valence-electron chi connectivity index (χ1n) is 16.4. The monoisotopic (exact) mass is 632 g/mol. The zero-order valence-electron chi connectivity index (χ0n) is 29.2. The van der Waals surface area contributed by atoms with Gasteiger partial charge in [-0.2, -0.15) is 0 Å². The highest BCUT2D eigenvalue weighted by Crippen LogP contribution is 2.45. The summed E-state index contributed by atoms with van der Waals surface area (Å²) in [5, 5.41) is 0. The van der Waals surface area contributed by atoms with E-state index in [0.717, 1.165) is 63.4 Å². The van der Waals surface area contributed by atoms with Crippen LogP contribution >= 0.6 is 0 Å². The number of cyclic esters (lactones) is 4. The van der Waals surface area contributed by atoms with E-state index in [9.17, 15) is 19.2 Å². The first-order valence-corrected chi connectivity index (χ1v) is 16.4. The average molecular weight is 633 g/mol. The SMILES string of the molecule is C=C1CC(=O)OC1=O.C=CC(=C)CC/C=C(\C)CCC=C(C)C.CC(C)=CCC/C(C)=C/CCC1=CCCC2(CC(=O)OC2=O)C1. The van der Waals surface area contributed by atoms with Crippen LogP contribution in [0, 0.1) is 5.41 Å². The molecule has 0 amide bonds. The van der Waals surface area contributed by atoms with Crippen LogP contribution in [0.4, 0.5) is 0 Å². The maximum absolute atomic E-state index is 12.0. The smallest absolute Gasteiger partial charge is 0.341 e. The molecule has 2 saturated heterocycles. The molecule has 1 atom stereocenters. The van der Waals surface area contributed by atoms with E-state index < -0.39 is 17.4 Å². The number of esters is 4. The van der Waals surface area contributed by atoms with Crippen molar-refractivity contribution in [1.29, 1.82) is 0 Å². The minimum absolute atomic E-state index is 0.0544. The van der Waals surface area contributed by atoms with Crippen molar-refractivity contribution in [1.82, 2.24) is 0 Å². The van der Waals surface area contributed by atoms with Gasteiger partial charge in [0.25, 0.3) is 0 Å². The lowest BCUT2D eigenvalue weighted by Crippen LogP contribution is -2.29. The minimum atomic E-state index is -0.588. The molecule has 2 fully saturated rings. The second kappa shape index (κ2) is 21.1. The summed E-state index contributed by atoms with van der Waals surface area (Å²) in [7, 11) is 0. The van der Waals surface area contributed by atoms with Gasteiger partial charge in [0.15, 0.2) is 0 Å². The molecule has 0 radical (unpaired) electrons. The van der Waals surface area contributed by atoms with Crippen LogP contribution in [0.1, 0.15) is 125 Å². The predicted molar refractivity (Wildman–Crippen MR) is 188 cm³/mol. The van der Waals surface area contributed by atoms with Crippen LogP contribution < -0.4 is 0 Å². The molecule has 3 rings (SSSR count). The zero-order valence-corrected chi connectivity index (χ0v) is 29.2. The lowest BCUT2D eigenvalue weighted by molar-refractivity contribution is -0.156. The Bertz CT molecular complexity index is 1270. The molecule has 0 bridgehead atoms. The second-order valence-corrected chi connectivity index (χ2v) is 13.0. The molecule has 46 heavy (non-hydrogen) atoms. The van der Waals surface area contributed by atoms with E-state index in [0.29, 0.717) is 6.42 Å². The van der Waals surface area contributed by atoms with Gasteiger partial charge >= 0.3 is 23.9 Å². The Balaban J connectivity index is 0.000000392. The van der Waals surface area contributed by atoms with Gasteiger partial charge in [0.2, 0.25) is 0 Å². The molecule has 2 heterocycles. The van der Waals surface area contributed by atoms with Crippen molar-refractivity contribution in [3.05, 3.63) is 95.2 Å². The van der Waals surface area contributed by atoms with E-state index in [1.807, 2.05) is 6.08 Å². The summed E-state index contributed by atoms with van der Waals surface area (Å²) in [6.07, 6.45) is 24.5. The fourth-order valence-electron chi connectivity index (χ4n) is 5.21. The van der Waals surface area contributed by atoms with Crippen molar-refractivity contribution in [2.45, 2.75) is 125 Å². The molecule has 0 aromatic rings. The molecule has 0 saturated carbocycles. The van der Waals surface area contributed by atoms with Crippen molar-refractivity contribution in [2.75, 3.05) is 0 Å². The second-order valence-electron chi connectivity index (χ2n) is 13.0. The van der Waals surface area contributed by atoms with Crippen molar-refractivity contribution in [3.8, 4) is 0 Å². The third-order valence-electron chi connectivity index (χ3n) is 7.98. The molecular formula is C40H56O6. The summed E-state index contributed by atoms with van der Waals surface area (Å²) in [4.78, 5) is 43.8. The van der Waals surface area contributed by atoms with E-state index >= 15 is 0 Å². The fourth-order valence-corrected chi connectivity index (χ4v) is 5.21. The van der Waals surface area contributed by atoms with Gasteiger partial charge in [-0.15, -0.1) is 0 Å². The van der Waals surface area contributed by atoms with Crippen LogP contribution in [0.2, 0.25) is 0 Å². The Morgan fingerprint density at radius 3 is 1.78 bits per heavy atom. The quantitative estimate of drug-likeness (QED) is 0.0660. The number of rotatable bonds is 13. The molecule has 1 spiro atoms. The summed E-state index contributed by atoms with van der Waals surface area (Å²) in [5.41, 5.74) is 7.79. The predicted octanol–water partition coefficient (Wildman–Crippen LogP) is 10.2. The van der Waals surface area contributed by atoms with Crippen molar-refractivity contribution in [2.24, 2.45) is 5.41 Å². The highest BCUT2D eigenvalue weighted by atomic mass is 16.6. The van der Waals surface area contributed by atoms with Gasteiger partial charge in [-0.25, -0.2) is 4.79 Å². The molecule has 0 aromatic heterocycles. The van der Waals surface area contributed by atoms with Gasteiger partial charge in [0.1, 0.15) is 0 Å². The number of hydrogen-bond acceptors (Lipinski definition) is 6. The van der Waals surface area contributed by atoms with Crippen LogP contribution in [0.25, 0.3) is 0 Å². The van der Waals surface area contributed by atoms with E-state index in [1.54, 1.807) is 0 Å². The van der Waals surface area contributed by atoms with Gasteiger partial charge in [-0.1, -0.05) is 89.6 Å². The average Bonchev–Trinajstić information content (AvgIpc) is 3.41. The van der Waals surface area contributed by atoms with Gasteiger partial charge in [0, 0.05) is 5.57 Å². The van der Waals surface area contributed by atoms with Crippen molar-refractivity contribution in [3.63, 3.8) is 0 Å². The standard InChI is InChI=1S/C20H28O3.C15H24.C5H4O3/c1-15(2)7-4-8-16(3)9-5-10-17-11-6-12-20(13-17)14-18(21)23-19(20)22;1-6-14(4)10-8-12-15(5)11-7-9-13(2)3;1-3-2-4(6)8-5(3)7/h7,9,11H,4-6,8,10,12-14H2,1-3H3;6,9,12H,1,4,7-8,10-11H2,2-3,5H3;1-2H2/b16-9+;15-12+;. The largest absolute Gasteiger partial charge is 0.393 e. The van der Waals surface area contributed by atoms with E-state index in [2.05, 4.69) is 96.4 Å². The number of carbonyl (C=O) groups excluding carboxylic acids is 4. The van der Waals surface area contributed by atoms with Crippen LogP contribution in [-0.4, -0.2) is 23.9 Å². The number of hydrogen-bond donors (Lipinski definition) is 0. The minimum Gasteiger partial charge on any atom is -0.393 e. The topological polar surface area (TPSA) is 86.7 Å². The molecule has 2 aliphatic heterocycles. The maximum atomic E-state index is 12.0. The van der Waals surface area contributed by atoms with E-state index in [-0.39, 0.29) is 30.4 Å². The Morgan fingerprint density at radius 2 is 1.35 bits per heavy atom. The van der Waals surface area contributed by atoms with E-state index in [1.165, 1.54) is 34.3 Å². The molecule has 6 heteroatoms. The lowest BCUT2D eigenvalue weighted by Gasteiger charge is -2.28. The first-order chi connectivity index (χ1) is 21.7. The summed E-state index contributed by atoms with van der Waals surface area (Å²) >= 11 is 0. The zero-order chi connectivity index (χ0) is 34.7. The summed E-state index contributed by atoms with van der Waals surface area (Å²) in [6, 6.07) is 0. The van der Waals surface area contributed by atoms with E-state index in [4.69, 9.17) is 4.74 Å². The Kier molecular flexibility index (Phi) is 18.4. The van der Waals surface area contributed by atoms with Crippen LogP contribution in [0.3, 0.4) is 0 Å². The molecule has 1 aliphatic carbocycles. The van der Waals surface area contributed by atoms with Gasteiger partial charge in [-0.3, -0.25) is 14.4 Å². The van der Waals surface area contributed by atoms with Crippen LogP contribution in [0.5, 0.6) is 0 Å². The summed E-state index contributed by atoms with van der Waals surface area (Å²) < 4.78 is 8.88. The number of carbonyl (C=O) groups is 4. The molecule has 6 nitrogen and oxygen atoms in total. The molecule has 3 aliphatic rings. The number of allylic oxidation sites excluding steroid dienone is 12. The Labute approximate surface area is 277 Å². The first kappa shape index (κ1) is 40.2. The normalized spacial score (nSPS) is 19.3. The number of ether oxygens (including phenoxy) is 2. The lowest BCUT2D eigenvalue weighted by atomic mass is 9.72. The summed E-state index contributed by atoms with van der Waals surface area (Å²) in [5.74, 6) is -1.75. The van der Waals surface area contributed by atoms with Crippen LogP contribution in [0.15, 0.2) is 95.2 Å². The fraction of sp³-hybridized carbons (Fsp3) is 0.500. The Hall–Kier alpha value is -3.80. The third-order valence-corrected chi connectivity index (χ3v) is 7.98. The highest BCUT2D eigenvalue weighted by Gasteiger charge is 2.49. The summed E-state index contributed by atoms with van der Waals surface area (Å²) in [6.45, 7) is 23.8. The van der Waals surface area contributed by atoms with Crippen LogP contribution in [-0.2, 0) is 28.7 Å². The highest BCUT2D eigenvalue weighted by molar-refractivity contribution is 6.05. The third kappa shape index (κ3) is 16.5. The van der Waals surface area contributed by atoms with Gasteiger partial charge in [-0.05, 0) is 112 Å². The molecule has 252 valence electrons. The Morgan fingerprint density at radius 1 is 0.783 bits per heavy atom. The maximum Gasteiger partial charge on any atom is 0.341 e. The molecular weight excluding hydrogens is 576 g/mol. The molecule has 0 aromatic carbocycles. The van der Waals surface area contributed by atoms with Gasteiger partial charge in [0.05, 0.1) is 18.3 Å². The van der Waals surface area contributed by atoms with Gasteiger partial charge < -0.3 is 9.47 Å². The van der Waals surface area contributed by atoms with Crippen molar-refractivity contribution >= 4 is 23.9 Å². The molecule has 0 N–H and O–H groups in total.